The monoisotopic (exact) mass is 567 g/mol. The molecule has 2 saturated heterocycles. The Balaban J connectivity index is 1.22. The van der Waals surface area contributed by atoms with Gasteiger partial charge in [-0.1, -0.05) is 17.7 Å². The summed E-state index contributed by atoms with van der Waals surface area (Å²) >= 11 is 5.96. The number of anilines is 3. The summed E-state index contributed by atoms with van der Waals surface area (Å²) < 4.78 is 30.7. The fourth-order valence-corrected chi connectivity index (χ4v) is 5.67. The van der Waals surface area contributed by atoms with Crippen LogP contribution in [0.5, 0.6) is 5.75 Å². The highest BCUT2D eigenvalue weighted by atomic mass is 35.5. The first kappa shape index (κ1) is 26.9. The van der Waals surface area contributed by atoms with Crippen molar-refractivity contribution >= 4 is 45.6 Å². The quantitative estimate of drug-likeness (QED) is 0.323. The van der Waals surface area contributed by atoms with Gasteiger partial charge in [0.1, 0.15) is 23.7 Å². The van der Waals surface area contributed by atoms with Crippen LogP contribution in [0.4, 0.5) is 21.6 Å². The molecule has 3 aliphatic rings. The van der Waals surface area contributed by atoms with E-state index in [-0.39, 0.29) is 10.9 Å². The van der Waals surface area contributed by atoms with Crippen LogP contribution < -0.4 is 15.4 Å². The van der Waals surface area contributed by atoms with Crippen LogP contribution in [0.25, 0.3) is 10.9 Å². The Hall–Kier alpha value is -3.31. The zero-order valence-corrected chi connectivity index (χ0v) is 22.9. The summed E-state index contributed by atoms with van der Waals surface area (Å²) in [5.41, 5.74) is 1.72. The van der Waals surface area contributed by atoms with Gasteiger partial charge in [-0.05, 0) is 42.5 Å². The zero-order chi connectivity index (χ0) is 27.6. The highest BCUT2D eigenvalue weighted by Gasteiger charge is 2.54. The van der Waals surface area contributed by atoms with Crippen molar-refractivity contribution < 1.29 is 23.4 Å². The number of fused-ring (bicyclic) bond motifs is 2. The summed E-state index contributed by atoms with van der Waals surface area (Å²) in [6.07, 6.45) is 5.94. The van der Waals surface area contributed by atoms with E-state index in [0.717, 1.165) is 26.2 Å². The lowest BCUT2D eigenvalue weighted by atomic mass is 10.0. The van der Waals surface area contributed by atoms with E-state index in [1.807, 2.05) is 12.1 Å². The maximum atomic E-state index is 13.7. The molecule has 40 heavy (non-hydrogen) atoms. The molecule has 0 bridgehead atoms. The fraction of sp³-hybridized carbons (Fsp3) is 0.414. The van der Waals surface area contributed by atoms with Crippen molar-refractivity contribution in [3.05, 3.63) is 59.7 Å². The number of halogens is 2. The first-order valence-electron chi connectivity index (χ1n) is 13.4. The molecule has 2 aromatic carbocycles. The van der Waals surface area contributed by atoms with E-state index < -0.39 is 5.82 Å². The normalized spacial score (nSPS) is 23.7. The van der Waals surface area contributed by atoms with Crippen LogP contribution in [0.3, 0.4) is 0 Å². The number of benzene rings is 2. The average Bonchev–Trinajstić information content (AvgIpc) is 3.35. The van der Waals surface area contributed by atoms with Gasteiger partial charge in [0, 0.05) is 55.4 Å². The summed E-state index contributed by atoms with van der Waals surface area (Å²) in [5.74, 6) is 1.81. The lowest BCUT2D eigenvalue weighted by Gasteiger charge is -2.39. The minimum Gasteiger partial charge on any atom is -0.491 e. The van der Waals surface area contributed by atoms with Crippen molar-refractivity contribution in [3.8, 4) is 5.75 Å². The molecule has 3 fully saturated rings. The lowest BCUT2D eigenvalue weighted by Crippen LogP contribution is -2.50. The maximum Gasteiger partial charge on any atom is 0.248 e. The van der Waals surface area contributed by atoms with Gasteiger partial charge < -0.3 is 24.8 Å². The second kappa shape index (κ2) is 11.7. The number of hydrogen-bond donors (Lipinski definition) is 2. The number of methoxy groups -OCH3 is 1. The molecule has 1 aromatic heterocycles. The van der Waals surface area contributed by atoms with Crippen LogP contribution >= 0.6 is 11.6 Å². The maximum absolute atomic E-state index is 13.7. The molecule has 1 unspecified atom stereocenters. The van der Waals surface area contributed by atoms with E-state index in [2.05, 4.69) is 25.5 Å². The zero-order valence-electron chi connectivity index (χ0n) is 22.1. The van der Waals surface area contributed by atoms with Gasteiger partial charge in [-0.2, -0.15) is 0 Å². The topological polar surface area (TPSA) is 97.8 Å². The molecule has 210 valence electrons. The van der Waals surface area contributed by atoms with Crippen LogP contribution in [0, 0.1) is 23.6 Å². The number of likely N-dealkylation sites (tertiary alicyclic amines) is 1. The summed E-state index contributed by atoms with van der Waals surface area (Å²) in [6.45, 7) is 4.47. The Bertz CT molecular complexity index is 1430. The predicted octanol–water partition coefficient (Wildman–Crippen LogP) is 4.65. The summed E-state index contributed by atoms with van der Waals surface area (Å²) in [5, 5.41) is 6.82. The minimum atomic E-state index is -0.505. The second-order valence-electron chi connectivity index (χ2n) is 10.5. The molecule has 4 atom stereocenters. The summed E-state index contributed by atoms with van der Waals surface area (Å²) in [4.78, 5) is 24.0. The number of ether oxygens (including phenoxy) is 3. The molecular formula is C29H31ClFN5O4. The molecule has 3 heterocycles. The van der Waals surface area contributed by atoms with Crippen LogP contribution in [-0.4, -0.2) is 73.4 Å². The molecule has 1 aliphatic carbocycles. The number of nitrogens with zero attached hydrogens (tertiary/aromatic N) is 3. The summed E-state index contributed by atoms with van der Waals surface area (Å²) in [6, 6.07) is 8.35. The largest absolute Gasteiger partial charge is 0.491 e. The van der Waals surface area contributed by atoms with Crippen LogP contribution in [0.2, 0.25) is 5.02 Å². The average molecular weight is 568 g/mol. The third-order valence-corrected chi connectivity index (χ3v) is 8.26. The van der Waals surface area contributed by atoms with E-state index in [4.69, 9.17) is 25.8 Å². The fourth-order valence-electron chi connectivity index (χ4n) is 5.49. The van der Waals surface area contributed by atoms with Crippen LogP contribution in [-0.2, 0) is 14.3 Å². The Labute approximate surface area is 236 Å². The first-order chi connectivity index (χ1) is 19.5. The highest BCUT2D eigenvalue weighted by Crippen LogP contribution is 2.51. The number of amides is 1. The number of carbonyl (C=O) groups is 1. The lowest BCUT2D eigenvalue weighted by molar-refractivity contribution is -0.112. The SMILES string of the molecule is COC[C@H]1CCN1C/C=C/C(=O)Nc1cc2c(Nc3ccc(F)c(Cl)c3)ncnc2cc1OCC1[C@H]2COC[C@@H]12. The van der Waals surface area contributed by atoms with Gasteiger partial charge in [-0.25, -0.2) is 14.4 Å². The van der Waals surface area contributed by atoms with Gasteiger partial charge in [-0.3, -0.25) is 9.69 Å². The highest BCUT2D eigenvalue weighted by molar-refractivity contribution is 6.31. The standard InChI is InChI=1S/C29H31ClFN5O4/c1-38-12-18-6-8-36(18)7-2-3-28(37)35-26-10-19-25(11-27(26)40-15-22-20-13-39-14-21(20)22)32-16-33-29(19)34-17-4-5-24(31)23(30)9-17/h2-5,9-11,16,18,20-22H,6-8,12-15H2,1H3,(H,35,37)(H,32,33,34)/b3-2+/t18-,20-,21+,22?/m1/s1. The third kappa shape index (κ3) is 5.76. The number of nitrogens with one attached hydrogen (secondary N) is 2. The molecule has 3 aromatic rings. The van der Waals surface area contributed by atoms with Crippen molar-refractivity contribution in [2.75, 3.05) is 57.3 Å². The van der Waals surface area contributed by atoms with Gasteiger partial charge in [0.05, 0.1) is 42.7 Å². The molecule has 1 saturated carbocycles. The molecule has 6 rings (SSSR count). The molecule has 0 spiro atoms. The predicted molar refractivity (Wildman–Crippen MR) is 151 cm³/mol. The first-order valence-corrected chi connectivity index (χ1v) is 13.8. The van der Waals surface area contributed by atoms with Crippen molar-refractivity contribution in [2.45, 2.75) is 12.5 Å². The van der Waals surface area contributed by atoms with Gasteiger partial charge >= 0.3 is 0 Å². The van der Waals surface area contributed by atoms with E-state index in [0.29, 0.717) is 77.4 Å². The van der Waals surface area contributed by atoms with Gasteiger partial charge in [-0.15, -0.1) is 0 Å². The number of carbonyl (C=O) groups excluding carboxylic acids is 1. The summed E-state index contributed by atoms with van der Waals surface area (Å²) in [7, 11) is 1.70. The van der Waals surface area contributed by atoms with Crippen molar-refractivity contribution in [2.24, 2.45) is 17.8 Å². The molecule has 9 nitrogen and oxygen atoms in total. The molecular weight excluding hydrogens is 537 g/mol. The van der Waals surface area contributed by atoms with E-state index in [1.54, 1.807) is 25.3 Å². The molecule has 0 radical (unpaired) electrons. The molecule has 2 N–H and O–H groups in total. The van der Waals surface area contributed by atoms with E-state index in [9.17, 15) is 9.18 Å². The van der Waals surface area contributed by atoms with Crippen molar-refractivity contribution in [1.29, 1.82) is 0 Å². The molecule has 1 amide bonds. The Morgan fingerprint density at radius 1 is 1.23 bits per heavy atom. The van der Waals surface area contributed by atoms with Crippen molar-refractivity contribution in [3.63, 3.8) is 0 Å². The third-order valence-electron chi connectivity index (χ3n) is 7.97. The van der Waals surface area contributed by atoms with Crippen molar-refractivity contribution in [1.82, 2.24) is 14.9 Å². The Kier molecular flexibility index (Phi) is 7.84. The van der Waals surface area contributed by atoms with Crippen LogP contribution in [0.1, 0.15) is 6.42 Å². The van der Waals surface area contributed by atoms with Gasteiger partial charge in [0.25, 0.3) is 0 Å². The Morgan fingerprint density at radius 2 is 2.08 bits per heavy atom. The van der Waals surface area contributed by atoms with E-state index >= 15 is 0 Å². The Morgan fingerprint density at radius 3 is 2.83 bits per heavy atom. The van der Waals surface area contributed by atoms with Gasteiger partial charge in [0.2, 0.25) is 5.91 Å². The number of aromatic nitrogens is 2. The smallest absolute Gasteiger partial charge is 0.248 e. The minimum absolute atomic E-state index is 0.000739. The number of rotatable bonds is 11. The van der Waals surface area contributed by atoms with E-state index in [1.165, 1.54) is 18.5 Å². The van der Waals surface area contributed by atoms with Crippen LogP contribution in [0.15, 0.2) is 48.8 Å². The van der Waals surface area contributed by atoms with Gasteiger partial charge in [0.15, 0.2) is 0 Å². The molecule has 2 aliphatic heterocycles. The number of hydrogen-bond acceptors (Lipinski definition) is 8. The second-order valence-corrected chi connectivity index (χ2v) is 10.9. The molecule has 11 heteroatoms.